The van der Waals surface area contributed by atoms with Crippen molar-refractivity contribution in [2.24, 2.45) is 5.92 Å². The minimum atomic E-state index is 0.881. The van der Waals surface area contributed by atoms with Crippen LogP contribution in [-0.4, -0.2) is 49.4 Å². The number of nitrogens with zero attached hydrogens (tertiary/aromatic N) is 1. The van der Waals surface area contributed by atoms with Crippen molar-refractivity contribution in [3.05, 3.63) is 0 Å². The number of hydrogen-bond acceptors (Lipinski definition) is 4. The lowest BCUT2D eigenvalue weighted by atomic mass is 10.1. The van der Waals surface area contributed by atoms with E-state index in [1.54, 1.807) is 0 Å². The van der Waals surface area contributed by atoms with Gasteiger partial charge in [0.15, 0.2) is 0 Å². The summed E-state index contributed by atoms with van der Waals surface area (Å²) in [5, 5.41) is 2.31. The van der Waals surface area contributed by atoms with Gasteiger partial charge < -0.3 is 4.74 Å². The first-order chi connectivity index (χ1) is 6.95. The predicted molar refractivity (Wildman–Crippen MR) is 60.4 cm³/mol. The fraction of sp³-hybridized carbons (Fsp3) is 1.00. The van der Waals surface area contributed by atoms with Gasteiger partial charge in [-0.05, 0) is 30.3 Å². The Morgan fingerprint density at radius 1 is 1.36 bits per heavy atom. The SMILES string of the molecule is C1CSCC(CNN2CCOCC2)C1. The maximum absolute atomic E-state index is 5.31. The molecule has 2 saturated heterocycles. The standard InChI is InChI=1S/C10H20N2OS/c1-2-10(9-14-7-1)8-11-12-3-5-13-6-4-12/h10-11H,1-9H2. The molecule has 0 amide bonds. The highest BCUT2D eigenvalue weighted by Gasteiger charge is 2.15. The Morgan fingerprint density at radius 2 is 2.21 bits per heavy atom. The topological polar surface area (TPSA) is 24.5 Å². The Balaban J connectivity index is 1.60. The molecule has 4 heteroatoms. The Labute approximate surface area is 90.5 Å². The minimum absolute atomic E-state index is 0.881. The molecule has 0 bridgehead atoms. The molecular formula is C10H20N2OS. The van der Waals surface area contributed by atoms with Gasteiger partial charge in [-0.1, -0.05) is 0 Å². The summed E-state index contributed by atoms with van der Waals surface area (Å²) in [4.78, 5) is 0. The van der Waals surface area contributed by atoms with Crippen molar-refractivity contribution in [3.8, 4) is 0 Å². The van der Waals surface area contributed by atoms with Gasteiger partial charge in [0.1, 0.15) is 0 Å². The van der Waals surface area contributed by atoms with E-state index in [-0.39, 0.29) is 0 Å². The summed E-state index contributed by atoms with van der Waals surface area (Å²) < 4.78 is 5.31. The van der Waals surface area contributed by atoms with Crippen LogP contribution in [0.15, 0.2) is 0 Å². The second-order valence-electron chi connectivity index (χ2n) is 4.04. The van der Waals surface area contributed by atoms with Gasteiger partial charge in [0.25, 0.3) is 0 Å². The van der Waals surface area contributed by atoms with Crippen molar-refractivity contribution in [2.75, 3.05) is 44.4 Å². The molecule has 2 heterocycles. The molecule has 0 aromatic heterocycles. The second-order valence-corrected chi connectivity index (χ2v) is 5.19. The third-order valence-electron chi connectivity index (χ3n) is 2.87. The number of ether oxygens (including phenoxy) is 1. The molecule has 2 rings (SSSR count). The quantitative estimate of drug-likeness (QED) is 0.760. The smallest absolute Gasteiger partial charge is 0.0608 e. The molecule has 2 aliphatic heterocycles. The van der Waals surface area contributed by atoms with E-state index in [4.69, 9.17) is 4.74 Å². The van der Waals surface area contributed by atoms with Crippen LogP contribution >= 0.6 is 11.8 Å². The molecule has 3 nitrogen and oxygen atoms in total. The molecule has 0 saturated carbocycles. The van der Waals surface area contributed by atoms with Crippen molar-refractivity contribution >= 4 is 11.8 Å². The van der Waals surface area contributed by atoms with Crippen molar-refractivity contribution in [3.63, 3.8) is 0 Å². The first-order valence-electron chi connectivity index (χ1n) is 5.59. The fourth-order valence-electron chi connectivity index (χ4n) is 1.95. The number of hydrazine groups is 1. The molecule has 0 radical (unpaired) electrons. The number of nitrogens with one attached hydrogen (secondary N) is 1. The third kappa shape index (κ3) is 3.42. The second kappa shape index (κ2) is 5.95. The molecule has 2 aliphatic rings. The van der Waals surface area contributed by atoms with Crippen molar-refractivity contribution < 1.29 is 4.74 Å². The van der Waals surface area contributed by atoms with Crippen LogP contribution in [0.4, 0.5) is 0 Å². The van der Waals surface area contributed by atoms with E-state index in [9.17, 15) is 0 Å². The number of morpholine rings is 1. The van der Waals surface area contributed by atoms with E-state index >= 15 is 0 Å². The Hall–Kier alpha value is 0.230. The summed E-state index contributed by atoms with van der Waals surface area (Å²) in [5.41, 5.74) is 3.53. The van der Waals surface area contributed by atoms with Crippen LogP contribution in [0.5, 0.6) is 0 Å². The lowest BCUT2D eigenvalue weighted by Crippen LogP contribution is -2.47. The van der Waals surface area contributed by atoms with Crippen molar-refractivity contribution in [2.45, 2.75) is 12.8 Å². The van der Waals surface area contributed by atoms with Gasteiger partial charge in [0.05, 0.1) is 13.2 Å². The lowest BCUT2D eigenvalue weighted by Gasteiger charge is -2.30. The third-order valence-corrected chi connectivity index (χ3v) is 4.15. The number of rotatable bonds is 3. The summed E-state index contributed by atoms with van der Waals surface area (Å²) in [6.45, 7) is 5.01. The molecule has 14 heavy (non-hydrogen) atoms. The summed E-state index contributed by atoms with van der Waals surface area (Å²) >= 11 is 2.11. The number of hydrogen-bond donors (Lipinski definition) is 1. The summed E-state index contributed by atoms with van der Waals surface area (Å²) in [7, 11) is 0. The summed E-state index contributed by atoms with van der Waals surface area (Å²) in [6.07, 6.45) is 2.81. The van der Waals surface area contributed by atoms with Gasteiger partial charge in [-0.3, -0.25) is 5.43 Å². The molecule has 0 aromatic carbocycles. The lowest BCUT2D eigenvalue weighted by molar-refractivity contribution is 0.00961. The van der Waals surface area contributed by atoms with Gasteiger partial charge >= 0.3 is 0 Å². The van der Waals surface area contributed by atoms with E-state index in [2.05, 4.69) is 22.2 Å². The van der Waals surface area contributed by atoms with Gasteiger partial charge in [-0.15, -0.1) is 0 Å². The molecule has 2 fully saturated rings. The first kappa shape index (κ1) is 10.7. The van der Waals surface area contributed by atoms with Gasteiger partial charge in [0, 0.05) is 19.6 Å². The van der Waals surface area contributed by atoms with Crippen LogP contribution in [0.25, 0.3) is 0 Å². The highest BCUT2D eigenvalue weighted by molar-refractivity contribution is 7.99. The van der Waals surface area contributed by atoms with Gasteiger partial charge in [-0.2, -0.15) is 11.8 Å². The Kier molecular flexibility index (Phi) is 4.57. The molecule has 1 unspecified atom stereocenters. The number of thioether (sulfide) groups is 1. The minimum Gasteiger partial charge on any atom is -0.379 e. The molecule has 1 atom stereocenters. The first-order valence-corrected chi connectivity index (χ1v) is 6.74. The zero-order valence-electron chi connectivity index (χ0n) is 8.71. The highest BCUT2D eigenvalue weighted by atomic mass is 32.2. The predicted octanol–water partition coefficient (Wildman–Crippen LogP) is 0.966. The average molecular weight is 216 g/mol. The monoisotopic (exact) mass is 216 g/mol. The van der Waals surface area contributed by atoms with Gasteiger partial charge in [-0.25, -0.2) is 5.01 Å². The molecule has 82 valence electrons. The van der Waals surface area contributed by atoms with Crippen LogP contribution in [-0.2, 0) is 4.74 Å². The van der Waals surface area contributed by atoms with E-state index in [0.29, 0.717) is 0 Å². The maximum Gasteiger partial charge on any atom is 0.0608 e. The highest BCUT2D eigenvalue weighted by Crippen LogP contribution is 2.21. The van der Waals surface area contributed by atoms with Crippen LogP contribution in [0, 0.1) is 5.92 Å². The summed E-state index contributed by atoms with van der Waals surface area (Å²) in [6, 6.07) is 0. The van der Waals surface area contributed by atoms with Crippen molar-refractivity contribution in [1.29, 1.82) is 0 Å². The maximum atomic E-state index is 5.31. The van der Waals surface area contributed by atoms with Crippen LogP contribution in [0.1, 0.15) is 12.8 Å². The Bertz CT molecular complexity index is 138. The zero-order chi connectivity index (χ0) is 9.64. The van der Waals surface area contributed by atoms with E-state index in [1.165, 1.54) is 24.3 Å². The molecule has 0 aromatic rings. The van der Waals surface area contributed by atoms with Crippen LogP contribution < -0.4 is 5.43 Å². The Morgan fingerprint density at radius 3 is 2.93 bits per heavy atom. The largest absolute Gasteiger partial charge is 0.379 e. The van der Waals surface area contributed by atoms with Crippen LogP contribution in [0.2, 0.25) is 0 Å². The normalized spacial score (nSPS) is 30.4. The van der Waals surface area contributed by atoms with Crippen LogP contribution in [0.3, 0.4) is 0 Å². The fourth-order valence-corrected chi connectivity index (χ4v) is 3.10. The molecule has 0 aliphatic carbocycles. The van der Waals surface area contributed by atoms with E-state index in [1.807, 2.05) is 0 Å². The average Bonchev–Trinajstić information content (AvgIpc) is 2.29. The molecule has 0 spiro atoms. The molecular weight excluding hydrogens is 196 g/mol. The van der Waals surface area contributed by atoms with Gasteiger partial charge in [0.2, 0.25) is 0 Å². The van der Waals surface area contributed by atoms with E-state index < -0.39 is 0 Å². The summed E-state index contributed by atoms with van der Waals surface area (Å²) in [5.74, 6) is 3.60. The molecule has 1 N–H and O–H groups in total. The zero-order valence-corrected chi connectivity index (χ0v) is 9.52. The van der Waals surface area contributed by atoms with E-state index in [0.717, 1.165) is 38.8 Å². The van der Waals surface area contributed by atoms with Crippen molar-refractivity contribution in [1.82, 2.24) is 10.4 Å².